The second kappa shape index (κ2) is 9.36. The van der Waals surface area contributed by atoms with Crippen molar-refractivity contribution in [1.29, 1.82) is 0 Å². The van der Waals surface area contributed by atoms with Crippen molar-refractivity contribution in [3.05, 3.63) is 77.1 Å². The summed E-state index contributed by atoms with van der Waals surface area (Å²) in [6.07, 6.45) is 2.20. The first-order chi connectivity index (χ1) is 14.7. The molecule has 0 saturated carbocycles. The van der Waals surface area contributed by atoms with Gasteiger partial charge >= 0.3 is 0 Å². The van der Waals surface area contributed by atoms with Gasteiger partial charge in [0.25, 0.3) is 15.9 Å². The highest BCUT2D eigenvalue weighted by Crippen LogP contribution is 2.26. The van der Waals surface area contributed by atoms with E-state index in [-0.39, 0.29) is 10.8 Å². The van der Waals surface area contributed by atoms with Crippen LogP contribution < -0.4 is 14.8 Å². The van der Waals surface area contributed by atoms with Crippen molar-refractivity contribution in [2.45, 2.75) is 31.8 Å². The number of hydrogen-bond acceptors (Lipinski definition) is 5. The molecule has 0 fully saturated rings. The van der Waals surface area contributed by atoms with Crippen LogP contribution >= 0.6 is 11.6 Å². The Morgan fingerprint density at radius 2 is 1.71 bits per heavy atom. The first kappa shape index (κ1) is 22.6. The largest absolute Gasteiger partial charge is 0.481 e. The summed E-state index contributed by atoms with van der Waals surface area (Å²) < 4.78 is 33.1. The molecule has 0 aliphatic heterocycles. The number of aromatic nitrogens is 1. The van der Waals surface area contributed by atoms with Gasteiger partial charge in [-0.25, -0.2) is 8.42 Å². The number of rotatable bonds is 7. The molecule has 1 atom stereocenters. The molecule has 1 aromatic heterocycles. The number of carbonyl (C=O) groups excluding carboxylic acids is 1. The Balaban J connectivity index is 1.64. The third-order valence-corrected chi connectivity index (χ3v) is 6.43. The van der Waals surface area contributed by atoms with Gasteiger partial charge in [-0.1, -0.05) is 11.6 Å². The first-order valence-corrected chi connectivity index (χ1v) is 11.3. The SMILES string of the molecule is Cc1cc(OC(C)C(=O)Nc2ccc(S(=O)(=O)Nc3cccnc3)cc2)cc(C)c1Cl. The minimum absolute atomic E-state index is 0.0609. The van der Waals surface area contributed by atoms with E-state index in [9.17, 15) is 13.2 Å². The van der Waals surface area contributed by atoms with Gasteiger partial charge in [0.2, 0.25) is 0 Å². The second-order valence-electron chi connectivity index (χ2n) is 6.99. The molecule has 0 aliphatic rings. The molecule has 3 aromatic rings. The fraction of sp³-hybridized carbons (Fsp3) is 0.182. The summed E-state index contributed by atoms with van der Waals surface area (Å²) in [5.41, 5.74) is 2.53. The van der Waals surface area contributed by atoms with E-state index in [0.717, 1.165) is 11.1 Å². The molecule has 162 valence electrons. The fourth-order valence-electron chi connectivity index (χ4n) is 2.83. The summed E-state index contributed by atoms with van der Waals surface area (Å²) in [6.45, 7) is 5.36. The molecule has 0 spiro atoms. The molecule has 31 heavy (non-hydrogen) atoms. The van der Waals surface area contributed by atoms with E-state index < -0.39 is 16.1 Å². The van der Waals surface area contributed by atoms with Crippen molar-refractivity contribution in [2.75, 3.05) is 10.0 Å². The molecule has 1 unspecified atom stereocenters. The molecule has 1 heterocycles. The highest BCUT2D eigenvalue weighted by Gasteiger charge is 2.18. The Kier molecular flexibility index (Phi) is 6.82. The third kappa shape index (κ3) is 5.74. The molecular weight excluding hydrogens is 438 g/mol. The first-order valence-electron chi connectivity index (χ1n) is 9.43. The number of benzene rings is 2. The number of hydrogen-bond donors (Lipinski definition) is 2. The number of nitrogens with zero attached hydrogens (tertiary/aromatic N) is 1. The number of anilines is 2. The van der Waals surface area contributed by atoms with Gasteiger partial charge in [-0.05, 0) is 80.4 Å². The number of halogens is 1. The fourth-order valence-corrected chi connectivity index (χ4v) is 3.98. The van der Waals surface area contributed by atoms with E-state index in [0.29, 0.717) is 22.1 Å². The van der Waals surface area contributed by atoms with Gasteiger partial charge in [0, 0.05) is 16.9 Å². The van der Waals surface area contributed by atoms with Gasteiger partial charge in [-0.3, -0.25) is 14.5 Å². The van der Waals surface area contributed by atoms with E-state index >= 15 is 0 Å². The Morgan fingerprint density at radius 1 is 1.06 bits per heavy atom. The third-order valence-electron chi connectivity index (χ3n) is 4.44. The maximum absolute atomic E-state index is 12.5. The van der Waals surface area contributed by atoms with Gasteiger partial charge in [0.1, 0.15) is 5.75 Å². The van der Waals surface area contributed by atoms with Crippen molar-refractivity contribution in [3.63, 3.8) is 0 Å². The van der Waals surface area contributed by atoms with Gasteiger partial charge in [0.15, 0.2) is 6.10 Å². The van der Waals surface area contributed by atoms with Gasteiger partial charge in [0.05, 0.1) is 16.8 Å². The summed E-state index contributed by atoms with van der Waals surface area (Å²) in [6, 6.07) is 12.6. The molecular formula is C22H22ClN3O4S. The van der Waals surface area contributed by atoms with Crippen molar-refractivity contribution >= 4 is 38.9 Å². The molecule has 0 saturated heterocycles. The molecule has 0 bridgehead atoms. The Hall–Kier alpha value is -3.10. The van der Waals surface area contributed by atoms with Crippen LogP contribution in [-0.2, 0) is 14.8 Å². The van der Waals surface area contributed by atoms with E-state index in [2.05, 4.69) is 15.0 Å². The maximum atomic E-state index is 12.5. The minimum Gasteiger partial charge on any atom is -0.481 e. The van der Waals surface area contributed by atoms with E-state index in [1.807, 2.05) is 13.8 Å². The van der Waals surface area contributed by atoms with Crippen molar-refractivity contribution in [1.82, 2.24) is 4.98 Å². The predicted octanol–water partition coefficient (Wildman–Crippen LogP) is 4.56. The number of aryl methyl sites for hydroxylation is 2. The van der Waals surface area contributed by atoms with E-state index in [1.54, 1.807) is 37.4 Å². The highest BCUT2D eigenvalue weighted by atomic mass is 35.5. The zero-order valence-corrected chi connectivity index (χ0v) is 18.8. The van der Waals surface area contributed by atoms with Gasteiger partial charge in [-0.2, -0.15) is 0 Å². The lowest BCUT2D eigenvalue weighted by Gasteiger charge is -2.16. The van der Waals surface area contributed by atoms with Crippen LogP contribution in [0.5, 0.6) is 5.75 Å². The summed E-state index contributed by atoms with van der Waals surface area (Å²) >= 11 is 6.16. The monoisotopic (exact) mass is 459 g/mol. The molecule has 3 rings (SSSR count). The Morgan fingerprint density at radius 3 is 2.29 bits per heavy atom. The average molecular weight is 460 g/mol. The maximum Gasteiger partial charge on any atom is 0.265 e. The normalized spacial score (nSPS) is 12.1. The molecule has 0 radical (unpaired) electrons. The van der Waals surface area contributed by atoms with Crippen molar-refractivity contribution in [2.24, 2.45) is 0 Å². The zero-order valence-electron chi connectivity index (χ0n) is 17.2. The number of pyridine rings is 1. The topological polar surface area (TPSA) is 97.4 Å². The van der Waals surface area contributed by atoms with Crippen LogP contribution in [0.4, 0.5) is 11.4 Å². The standard InChI is InChI=1S/C22H22ClN3O4S/c1-14-11-19(12-15(2)21(14)23)30-16(3)22(27)25-17-6-8-20(9-7-17)31(28,29)26-18-5-4-10-24-13-18/h4-13,16,26H,1-3H3,(H,25,27). The van der Waals surface area contributed by atoms with E-state index in [1.165, 1.54) is 30.5 Å². The summed E-state index contributed by atoms with van der Waals surface area (Å²) in [5.74, 6) is 0.180. The van der Waals surface area contributed by atoms with Crippen LogP contribution in [0, 0.1) is 13.8 Å². The summed E-state index contributed by atoms with van der Waals surface area (Å²) in [7, 11) is -3.77. The van der Waals surface area contributed by atoms with Crippen LogP contribution in [-0.4, -0.2) is 25.4 Å². The minimum atomic E-state index is -3.77. The van der Waals surface area contributed by atoms with Crippen LogP contribution in [0.3, 0.4) is 0 Å². The zero-order chi connectivity index (χ0) is 22.6. The molecule has 1 amide bonds. The smallest absolute Gasteiger partial charge is 0.265 e. The molecule has 0 aliphatic carbocycles. The quantitative estimate of drug-likeness (QED) is 0.539. The highest BCUT2D eigenvalue weighted by molar-refractivity contribution is 7.92. The number of sulfonamides is 1. The lowest BCUT2D eigenvalue weighted by molar-refractivity contribution is -0.122. The number of amides is 1. The average Bonchev–Trinajstić information content (AvgIpc) is 2.72. The molecule has 2 aromatic carbocycles. The molecule has 2 N–H and O–H groups in total. The lowest BCUT2D eigenvalue weighted by atomic mass is 10.1. The summed E-state index contributed by atoms with van der Waals surface area (Å²) in [5, 5.41) is 3.38. The Labute approximate surface area is 186 Å². The number of nitrogens with one attached hydrogen (secondary N) is 2. The van der Waals surface area contributed by atoms with Crippen LogP contribution in [0.1, 0.15) is 18.1 Å². The number of carbonyl (C=O) groups is 1. The van der Waals surface area contributed by atoms with Crippen molar-refractivity contribution in [3.8, 4) is 5.75 Å². The van der Waals surface area contributed by atoms with Gasteiger partial charge in [-0.15, -0.1) is 0 Å². The van der Waals surface area contributed by atoms with Crippen LogP contribution in [0.2, 0.25) is 5.02 Å². The predicted molar refractivity (Wildman–Crippen MR) is 121 cm³/mol. The van der Waals surface area contributed by atoms with Crippen molar-refractivity contribution < 1.29 is 17.9 Å². The lowest BCUT2D eigenvalue weighted by Crippen LogP contribution is -2.30. The van der Waals surface area contributed by atoms with E-state index in [4.69, 9.17) is 16.3 Å². The number of ether oxygens (including phenoxy) is 1. The molecule has 7 nitrogen and oxygen atoms in total. The van der Waals surface area contributed by atoms with Crippen LogP contribution in [0.25, 0.3) is 0 Å². The molecule has 9 heteroatoms. The van der Waals surface area contributed by atoms with Gasteiger partial charge < -0.3 is 10.1 Å². The second-order valence-corrected chi connectivity index (χ2v) is 9.05. The van der Waals surface area contributed by atoms with Crippen LogP contribution in [0.15, 0.2) is 65.8 Å². The Bertz CT molecular complexity index is 1160. The summed E-state index contributed by atoms with van der Waals surface area (Å²) in [4.78, 5) is 16.4.